The highest BCUT2D eigenvalue weighted by Gasteiger charge is 2.08. The van der Waals surface area contributed by atoms with Gasteiger partial charge in [-0.2, -0.15) is 0 Å². The van der Waals surface area contributed by atoms with Crippen molar-refractivity contribution < 1.29 is 14.2 Å². The number of aliphatic hydroxyl groups is 1. The van der Waals surface area contributed by atoms with Crippen LogP contribution in [0.15, 0.2) is 18.2 Å². The van der Waals surface area contributed by atoms with Crippen LogP contribution < -0.4 is 4.74 Å². The molecule has 0 spiro atoms. The Labute approximate surface area is 121 Å². The summed E-state index contributed by atoms with van der Waals surface area (Å²) in [7, 11) is 0. The van der Waals surface area contributed by atoms with Crippen molar-refractivity contribution in [2.24, 2.45) is 5.92 Å². The maximum atomic E-state index is 13.5. The van der Waals surface area contributed by atoms with Crippen LogP contribution in [-0.2, 0) is 0 Å². The molecular formula is C17H23FO2. The minimum atomic E-state index is -0.369. The molecule has 20 heavy (non-hydrogen) atoms. The molecule has 1 aromatic rings. The predicted octanol–water partition coefficient (Wildman–Crippen LogP) is 3.76. The molecule has 1 unspecified atom stereocenters. The second-order valence-electron chi connectivity index (χ2n) is 4.86. The van der Waals surface area contributed by atoms with Crippen LogP contribution in [0.2, 0.25) is 0 Å². The smallest absolute Gasteiger partial charge is 0.128 e. The quantitative estimate of drug-likeness (QED) is 0.769. The zero-order chi connectivity index (χ0) is 14.8. The van der Waals surface area contributed by atoms with Crippen LogP contribution in [0.1, 0.15) is 45.1 Å². The number of benzene rings is 1. The maximum absolute atomic E-state index is 13.5. The summed E-state index contributed by atoms with van der Waals surface area (Å²) in [6.07, 6.45) is 4.57. The summed E-state index contributed by atoms with van der Waals surface area (Å²) < 4.78 is 19.1. The van der Waals surface area contributed by atoms with Crippen LogP contribution in [0.25, 0.3) is 0 Å². The Bertz CT molecular complexity index is 460. The van der Waals surface area contributed by atoms with E-state index >= 15 is 0 Å². The molecule has 1 atom stereocenters. The van der Waals surface area contributed by atoms with Gasteiger partial charge in [-0.05, 0) is 24.5 Å². The molecule has 0 radical (unpaired) electrons. The summed E-state index contributed by atoms with van der Waals surface area (Å²) in [6, 6.07) is 4.42. The third-order valence-corrected chi connectivity index (χ3v) is 3.21. The normalized spacial score (nSPS) is 11.6. The van der Waals surface area contributed by atoms with E-state index in [0.717, 1.165) is 12.8 Å². The lowest BCUT2D eigenvalue weighted by atomic mass is 10.0. The fourth-order valence-corrected chi connectivity index (χ4v) is 1.97. The van der Waals surface area contributed by atoms with Crippen LogP contribution in [0.3, 0.4) is 0 Å². The van der Waals surface area contributed by atoms with Gasteiger partial charge in [0.1, 0.15) is 18.2 Å². The van der Waals surface area contributed by atoms with Crippen LogP contribution >= 0.6 is 0 Å². The summed E-state index contributed by atoms with van der Waals surface area (Å²) in [6.45, 7) is 4.69. The van der Waals surface area contributed by atoms with Crippen LogP contribution in [-0.4, -0.2) is 18.3 Å². The molecular weight excluding hydrogens is 255 g/mol. The van der Waals surface area contributed by atoms with E-state index < -0.39 is 0 Å². The van der Waals surface area contributed by atoms with E-state index in [1.165, 1.54) is 25.0 Å². The molecule has 1 rings (SSSR count). The highest BCUT2D eigenvalue weighted by atomic mass is 19.1. The lowest BCUT2D eigenvalue weighted by Crippen LogP contribution is -2.11. The number of halogens is 1. The van der Waals surface area contributed by atoms with Gasteiger partial charge in [0, 0.05) is 11.6 Å². The van der Waals surface area contributed by atoms with Crippen molar-refractivity contribution in [1.82, 2.24) is 0 Å². The van der Waals surface area contributed by atoms with E-state index in [0.29, 0.717) is 23.8 Å². The Balaban J connectivity index is 2.64. The SMILES string of the molecule is CCCCC(CC)COc1cc(F)cc(C#CCO)c1. The second kappa shape index (κ2) is 9.39. The molecule has 0 aliphatic carbocycles. The van der Waals surface area contributed by atoms with E-state index in [-0.39, 0.29) is 12.4 Å². The van der Waals surface area contributed by atoms with Gasteiger partial charge in [-0.25, -0.2) is 4.39 Å². The second-order valence-corrected chi connectivity index (χ2v) is 4.86. The lowest BCUT2D eigenvalue weighted by molar-refractivity contribution is 0.232. The van der Waals surface area contributed by atoms with Crippen molar-refractivity contribution in [2.75, 3.05) is 13.2 Å². The number of rotatable bonds is 7. The summed E-state index contributed by atoms with van der Waals surface area (Å²) in [5.74, 6) is 5.84. The highest BCUT2D eigenvalue weighted by Crippen LogP contribution is 2.19. The average molecular weight is 278 g/mol. The summed E-state index contributed by atoms with van der Waals surface area (Å²) in [5, 5.41) is 8.66. The monoisotopic (exact) mass is 278 g/mol. The van der Waals surface area contributed by atoms with Crippen molar-refractivity contribution in [3.05, 3.63) is 29.6 Å². The van der Waals surface area contributed by atoms with Gasteiger partial charge >= 0.3 is 0 Å². The molecule has 0 aliphatic rings. The summed E-state index contributed by atoms with van der Waals surface area (Å²) >= 11 is 0. The Morgan fingerprint density at radius 1 is 1.30 bits per heavy atom. The number of aliphatic hydroxyl groups excluding tert-OH is 1. The molecule has 3 heteroatoms. The van der Waals surface area contributed by atoms with E-state index in [4.69, 9.17) is 9.84 Å². The van der Waals surface area contributed by atoms with Crippen molar-refractivity contribution in [2.45, 2.75) is 39.5 Å². The first-order chi connectivity index (χ1) is 9.69. The van der Waals surface area contributed by atoms with Gasteiger partial charge in [-0.3, -0.25) is 0 Å². The molecule has 1 aromatic carbocycles. The van der Waals surface area contributed by atoms with Crippen molar-refractivity contribution in [3.63, 3.8) is 0 Å². The molecule has 0 aliphatic heterocycles. The van der Waals surface area contributed by atoms with Gasteiger partial charge in [-0.15, -0.1) is 0 Å². The molecule has 0 fully saturated rings. The zero-order valence-corrected chi connectivity index (χ0v) is 12.3. The topological polar surface area (TPSA) is 29.5 Å². The predicted molar refractivity (Wildman–Crippen MR) is 79.2 cm³/mol. The minimum absolute atomic E-state index is 0.234. The van der Waals surface area contributed by atoms with Crippen molar-refractivity contribution in [1.29, 1.82) is 0 Å². The molecule has 0 bridgehead atoms. The number of hydrogen-bond donors (Lipinski definition) is 1. The molecule has 0 saturated heterocycles. The number of hydrogen-bond acceptors (Lipinski definition) is 2. The first-order valence-corrected chi connectivity index (χ1v) is 7.22. The summed E-state index contributed by atoms with van der Waals surface area (Å²) in [5.41, 5.74) is 0.524. The van der Waals surface area contributed by atoms with Crippen molar-refractivity contribution in [3.8, 4) is 17.6 Å². The Morgan fingerprint density at radius 3 is 2.75 bits per heavy atom. The van der Waals surface area contributed by atoms with Gasteiger partial charge in [0.05, 0.1) is 6.61 Å². The van der Waals surface area contributed by atoms with E-state index in [1.807, 2.05) is 0 Å². The van der Waals surface area contributed by atoms with E-state index in [9.17, 15) is 4.39 Å². The van der Waals surface area contributed by atoms with Gasteiger partial charge in [-0.1, -0.05) is 45.0 Å². The molecule has 110 valence electrons. The maximum Gasteiger partial charge on any atom is 0.128 e. The van der Waals surface area contributed by atoms with Crippen LogP contribution in [0, 0.1) is 23.6 Å². The third kappa shape index (κ3) is 6.08. The van der Waals surface area contributed by atoms with Gasteiger partial charge in [0.25, 0.3) is 0 Å². The summed E-state index contributed by atoms with van der Waals surface area (Å²) in [4.78, 5) is 0. The van der Waals surface area contributed by atoms with Crippen LogP contribution in [0.4, 0.5) is 4.39 Å². The molecule has 0 amide bonds. The molecule has 0 saturated carbocycles. The van der Waals surface area contributed by atoms with Gasteiger partial charge in [0.2, 0.25) is 0 Å². The number of unbranched alkanes of at least 4 members (excludes halogenated alkanes) is 1. The Morgan fingerprint density at radius 2 is 2.10 bits per heavy atom. The first-order valence-electron chi connectivity index (χ1n) is 7.22. The Hall–Kier alpha value is -1.53. The van der Waals surface area contributed by atoms with Crippen molar-refractivity contribution >= 4 is 0 Å². The number of ether oxygens (including phenoxy) is 1. The minimum Gasteiger partial charge on any atom is -0.493 e. The van der Waals surface area contributed by atoms with Crippen LogP contribution in [0.5, 0.6) is 5.75 Å². The first kappa shape index (κ1) is 16.5. The molecule has 2 nitrogen and oxygen atoms in total. The standard InChI is InChI=1S/C17H23FO2/c1-3-5-7-14(4-2)13-20-17-11-15(8-6-9-19)10-16(18)12-17/h10-12,14,19H,3-5,7,9,13H2,1-2H3. The fraction of sp³-hybridized carbons (Fsp3) is 0.529. The molecule has 1 N–H and O–H groups in total. The largest absolute Gasteiger partial charge is 0.493 e. The lowest BCUT2D eigenvalue weighted by Gasteiger charge is -2.15. The fourth-order valence-electron chi connectivity index (χ4n) is 1.97. The zero-order valence-electron chi connectivity index (χ0n) is 12.3. The average Bonchev–Trinajstić information content (AvgIpc) is 2.45. The third-order valence-electron chi connectivity index (χ3n) is 3.21. The molecule has 0 aromatic heterocycles. The molecule has 0 heterocycles. The van der Waals surface area contributed by atoms with Gasteiger partial charge < -0.3 is 9.84 Å². The Kier molecular flexibility index (Phi) is 7.75. The highest BCUT2D eigenvalue weighted by molar-refractivity contribution is 5.40. The van der Waals surface area contributed by atoms with Gasteiger partial charge in [0.15, 0.2) is 0 Å². The van der Waals surface area contributed by atoms with E-state index in [1.54, 1.807) is 6.07 Å². The van der Waals surface area contributed by atoms with E-state index in [2.05, 4.69) is 25.7 Å².